The number of unbranched alkanes of at least 4 members (excludes halogenated alkanes) is 25. The van der Waals surface area contributed by atoms with E-state index in [4.69, 9.17) is 4.74 Å². The Balaban J connectivity index is 4.63. The van der Waals surface area contributed by atoms with Crippen LogP contribution in [0.3, 0.4) is 0 Å². The Bertz CT molecular complexity index is 1200. The summed E-state index contributed by atoms with van der Waals surface area (Å²) in [5, 5.41) is 23.8. The number of nitrogens with one attached hydrogen (secondary N) is 1. The highest BCUT2D eigenvalue weighted by Crippen LogP contribution is 2.17. The molecule has 3 atom stereocenters. The molecule has 6 heteroatoms. The summed E-state index contributed by atoms with van der Waals surface area (Å²) in [5.41, 5.74) is 0. The molecule has 0 aliphatic heterocycles. The number of hydrogen-bond acceptors (Lipinski definition) is 5. The van der Waals surface area contributed by atoms with Gasteiger partial charge in [0.15, 0.2) is 0 Å². The van der Waals surface area contributed by atoms with Crippen LogP contribution in [0.4, 0.5) is 0 Å². The van der Waals surface area contributed by atoms with Crippen LogP contribution in [0.15, 0.2) is 72.9 Å². The molecule has 0 radical (unpaired) electrons. The van der Waals surface area contributed by atoms with Gasteiger partial charge in [0.05, 0.1) is 25.2 Å². The molecule has 0 aromatic heterocycles. The van der Waals surface area contributed by atoms with Crippen LogP contribution in [0.25, 0.3) is 0 Å². The third-order valence-corrected chi connectivity index (χ3v) is 12.3. The number of amides is 1. The van der Waals surface area contributed by atoms with Gasteiger partial charge in [-0.2, -0.15) is 0 Å². The molecule has 3 unspecified atom stereocenters. The fraction of sp³-hybridized carbons (Fsp3) is 0.763. The Morgan fingerprint density at radius 2 is 0.846 bits per heavy atom. The van der Waals surface area contributed by atoms with Gasteiger partial charge in [-0.25, -0.2) is 0 Å². The monoisotopic (exact) mass is 908 g/mol. The third-order valence-electron chi connectivity index (χ3n) is 12.3. The number of aliphatic hydroxyl groups is 2. The Morgan fingerprint density at radius 1 is 0.462 bits per heavy atom. The number of aliphatic hydroxyl groups excluding tert-OH is 2. The standard InChI is InChI=1S/C59H105NO5/c1-4-7-10-13-16-19-22-25-28-29-31-34-37-40-43-46-49-52-59(64)65-55(50-47-44-41-38-35-32-27-24-21-18-15-12-9-6-3)53-58(63)60-56(54-61)57(62)51-48-45-42-39-36-33-30-26-23-20-17-14-11-8-5-2/h9,12,16,18-19,21,25,27-28,32,38,41,55-57,61-62H,4-8,10-11,13-15,17,20,22-24,26,29-31,33-37,39-40,42-54H2,1-3H3,(H,60,63)/b12-9+,19-16-,21-18+,28-25-,32-27+,41-38+. The first-order valence-electron chi connectivity index (χ1n) is 27.7. The largest absolute Gasteiger partial charge is 0.462 e. The van der Waals surface area contributed by atoms with Crippen molar-refractivity contribution in [2.75, 3.05) is 6.61 Å². The lowest BCUT2D eigenvalue weighted by molar-refractivity contribution is -0.151. The Morgan fingerprint density at radius 3 is 1.32 bits per heavy atom. The maximum absolute atomic E-state index is 13.2. The first-order chi connectivity index (χ1) is 32.0. The molecule has 0 aromatic carbocycles. The van der Waals surface area contributed by atoms with Crippen LogP contribution < -0.4 is 5.32 Å². The fourth-order valence-electron chi connectivity index (χ4n) is 8.10. The molecule has 65 heavy (non-hydrogen) atoms. The molecule has 0 aliphatic rings. The minimum atomic E-state index is -0.806. The van der Waals surface area contributed by atoms with Crippen molar-refractivity contribution in [2.45, 2.75) is 283 Å². The summed E-state index contributed by atoms with van der Waals surface area (Å²) in [6.07, 6.45) is 66.8. The quantitative estimate of drug-likeness (QED) is 0.0321. The average molecular weight is 908 g/mol. The Labute approximate surface area is 402 Å². The molecule has 6 nitrogen and oxygen atoms in total. The number of hydrogen-bond donors (Lipinski definition) is 3. The van der Waals surface area contributed by atoms with Crippen molar-refractivity contribution >= 4 is 11.9 Å². The molecular formula is C59H105NO5. The van der Waals surface area contributed by atoms with Gasteiger partial charge in [-0.1, -0.05) is 235 Å². The Hall–Kier alpha value is -2.70. The maximum Gasteiger partial charge on any atom is 0.306 e. The molecule has 0 spiro atoms. The van der Waals surface area contributed by atoms with Gasteiger partial charge in [-0.3, -0.25) is 9.59 Å². The predicted octanol–water partition coefficient (Wildman–Crippen LogP) is 17.0. The van der Waals surface area contributed by atoms with Gasteiger partial charge in [0.1, 0.15) is 6.10 Å². The van der Waals surface area contributed by atoms with Crippen molar-refractivity contribution in [3.8, 4) is 0 Å². The van der Waals surface area contributed by atoms with E-state index in [2.05, 4.69) is 99.0 Å². The summed E-state index contributed by atoms with van der Waals surface area (Å²) >= 11 is 0. The number of carbonyl (C=O) groups excluding carboxylic acids is 2. The summed E-state index contributed by atoms with van der Waals surface area (Å²) < 4.78 is 5.92. The van der Waals surface area contributed by atoms with Gasteiger partial charge < -0.3 is 20.3 Å². The third kappa shape index (κ3) is 47.6. The number of rotatable bonds is 49. The van der Waals surface area contributed by atoms with Crippen LogP contribution in [0.5, 0.6) is 0 Å². The Kier molecular flexibility index (Phi) is 50.1. The average Bonchev–Trinajstić information content (AvgIpc) is 3.30. The second-order valence-corrected chi connectivity index (χ2v) is 18.6. The first kappa shape index (κ1) is 62.3. The summed E-state index contributed by atoms with van der Waals surface area (Å²) in [4.78, 5) is 26.2. The molecule has 0 bridgehead atoms. The van der Waals surface area contributed by atoms with E-state index in [1.807, 2.05) is 0 Å². The van der Waals surface area contributed by atoms with E-state index in [1.54, 1.807) is 0 Å². The van der Waals surface area contributed by atoms with Crippen LogP contribution in [0, 0.1) is 0 Å². The van der Waals surface area contributed by atoms with Crippen molar-refractivity contribution in [1.82, 2.24) is 5.32 Å². The van der Waals surface area contributed by atoms with E-state index in [1.165, 1.54) is 128 Å². The number of ether oxygens (including phenoxy) is 1. The van der Waals surface area contributed by atoms with Gasteiger partial charge in [0.2, 0.25) is 5.91 Å². The molecule has 0 aromatic rings. The molecule has 0 rings (SSSR count). The summed E-state index contributed by atoms with van der Waals surface area (Å²) in [6.45, 7) is 6.34. The highest BCUT2D eigenvalue weighted by Gasteiger charge is 2.24. The van der Waals surface area contributed by atoms with Crippen LogP contribution in [-0.4, -0.2) is 46.9 Å². The zero-order valence-electron chi connectivity index (χ0n) is 42.9. The fourth-order valence-corrected chi connectivity index (χ4v) is 8.10. The second kappa shape index (κ2) is 52.3. The summed E-state index contributed by atoms with van der Waals surface area (Å²) in [7, 11) is 0. The molecule has 0 saturated carbocycles. The van der Waals surface area contributed by atoms with Crippen LogP contribution >= 0.6 is 0 Å². The highest BCUT2D eigenvalue weighted by molar-refractivity contribution is 5.77. The molecule has 0 heterocycles. The zero-order chi connectivity index (χ0) is 47.4. The van der Waals surface area contributed by atoms with Gasteiger partial charge >= 0.3 is 5.97 Å². The van der Waals surface area contributed by atoms with Gasteiger partial charge in [-0.05, 0) is 89.9 Å². The number of carbonyl (C=O) groups is 2. The lowest BCUT2D eigenvalue weighted by Crippen LogP contribution is -2.46. The minimum absolute atomic E-state index is 0.0348. The van der Waals surface area contributed by atoms with Crippen LogP contribution in [0.1, 0.15) is 265 Å². The number of esters is 1. The lowest BCUT2D eigenvalue weighted by atomic mass is 10.0. The predicted molar refractivity (Wildman–Crippen MR) is 282 cm³/mol. The molecular weight excluding hydrogens is 803 g/mol. The molecule has 0 aliphatic carbocycles. The van der Waals surface area contributed by atoms with E-state index in [-0.39, 0.29) is 24.9 Å². The topological polar surface area (TPSA) is 95.9 Å². The van der Waals surface area contributed by atoms with E-state index >= 15 is 0 Å². The van der Waals surface area contributed by atoms with Crippen LogP contribution in [-0.2, 0) is 14.3 Å². The van der Waals surface area contributed by atoms with E-state index in [0.29, 0.717) is 19.3 Å². The van der Waals surface area contributed by atoms with Gasteiger partial charge in [-0.15, -0.1) is 0 Å². The van der Waals surface area contributed by atoms with E-state index in [9.17, 15) is 19.8 Å². The molecule has 376 valence electrons. The SMILES string of the molecule is CC/C=C/C/C=C/C/C=C/C/C=C/CCCC(CC(=O)NC(CO)C(O)CCCCCCCCCCCCCCCCC)OC(=O)CCCCCCCCC/C=C\C/C=C\CCCCC. The van der Waals surface area contributed by atoms with Crippen molar-refractivity contribution in [2.24, 2.45) is 0 Å². The highest BCUT2D eigenvalue weighted by atomic mass is 16.5. The minimum Gasteiger partial charge on any atom is -0.462 e. The number of allylic oxidation sites excluding steroid dienone is 12. The van der Waals surface area contributed by atoms with Crippen molar-refractivity contribution in [3.63, 3.8) is 0 Å². The molecule has 1 amide bonds. The molecule has 0 saturated heterocycles. The van der Waals surface area contributed by atoms with Crippen molar-refractivity contribution in [1.29, 1.82) is 0 Å². The normalized spacial score (nSPS) is 13.7. The van der Waals surface area contributed by atoms with Crippen LogP contribution in [0.2, 0.25) is 0 Å². The molecule has 0 fully saturated rings. The lowest BCUT2D eigenvalue weighted by Gasteiger charge is -2.24. The second-order valence-electron chi connectivity index (χ2n) is 18.6. The van der Waals surface area contributed by atoms with Crippen molar-refractivity contribution in [3.05, 3.63) is 72.9 Å². The summed E-state index contributed by atoms with van der Waals surface area (Å²) in [6, 6.07) is -0.723. The van der Waals surface area contributed by atoms with Crippen molar-refractivity contribution < 1.29 is 24.5 Å². The van der Waals surface area contributed by atoms with E-state index < -0.39 is 18.2 Å². The van der Waals surface area contributed by atoms with Gasteiger partial charge in [0.25, 0.3) is 0 Å². The smallest absolute Gasteiger partial charge is 0.306 e. The van der Waals surface area contributed by atoms with E-state index in [0.717, 1.165) is 89.9 Å². The summed E-state index contributed by atoms with van der Waals surface area (Å²) in [5.74, 6) is -0.535. The maximum atomic E-state index is 13.2. The zero-order valence-corrected chi connectivity index (χ0v) is 42.9. The first-order valence-corrected chi connectivity index (χ1v) is 27.7. The van der Waals surface area contributed by atoms with Gasteiger partial charge in [0, 0.05) is 6.42 Å². The molecule has 3 N–H and O–H groups in total.